The predicted molar refractivity (Wildman–Crippen MR) is 131 cm³/mol. The molecule has 37 heavy (non-hydrogen) atoms. The number of halogens is 6. The Kier molecular flexibility index (Phi) is 14.4. The zero-order chi connectivity index (χ0) is 28.1. The molecule has 0 saturated carbocycles. The second-order valence-corrected chi connectivity index (χ2v) is 10.8. The molecule has 0 radical (unpaired) electrons. The molecule has 1 rings (SSSR count). The van der Waals surface area contributed by atoms with Crippen molar-refractivity contribution in [2.24, 2.45) is 0 Å². The van der Waals surface area contributed by atoms with E-state index < -0.39 is 64.8 Å². The van der Waals surface area contributed by atoms with Crippen LogP contribution >= 0.6 is 0 Å². The summed E-state index contributed by atoms with van der Waals surface area (Å²) < 4.78 is 89.0. The average Bonchev–Trinajstić information content (AvgIpc) is 2.83. The van der Waals surface area contributed by atoms with Crippen molar-refractivity contribution in [2.45, 2.75) is 88.8 Å². The number of rotatable bonds is 17. The van der Waals surface area contributed by atoms with Crippen LogP contribution in [0.5, 0.6) is 0 Å². The number of nitrogens with one attached hydrogen (secondary N) is 1. The number of carbonyl (C=O) groups is 1. The van der Waals surface area contributed by atoms with Crippen molar-refractivity contribution < 1.29 is 40.8 Å². The molecule has 0 aliphatic heterocycles. The van der Waals surface area contributed by atoms with Crippen molar-refractivity contribution in [3.8, 4) is 6.07 Å². The maximum atomic E-state index is 13.2. The molecule has 1 aromatic carbocycles. The minimum atomic E-state index is -4.76. The fourth-order valence-corrected chi connectivity index (χ4v) is 4.84. The van der Waals surface area contributed by atoms with Crippen LogP contribution in [0.4, 0.5) is 32.0 Å². The van der Waals surface area contributed by atoms with Crippen LogP contribution in [0.1, 0.15) is 75.8 Å². The molecule has 0 aromatic heterocycles. The van der Waals surface area contributed by atoms with Gasteiger partial charge in [0.05, 0.1) is 17.2 Å². The normalized spacial score (nSPS) is 15.9. The molecule has 0 fully saturated rings. The van der Waals surface area contributed by atoms with Crippen molar-refractivity contribution >= 4 is 22.8 Å². The number of nitriles is 1. The Morgan fingerprint density at radius 2 is 1.65 bits per heavy atom. The van der Waals surface area contributed by atoms with E-state index in [0.717, 1.165) is 44.6 Å². The molecule has 4 atom stereocenters. The van der Waals surface area contributed by atoms with Crippen molar-refractivity contribution in [1.29, 1.82) is 5.26 Å². The zero-order valence-electron chi connectivity index (χ0n) is 20.8. The summed E-state index contributed by atoms with van der Waals surface area (Å²) in [7, 11) is 0. The predicted octanol–water partition coefficient (Wildman–Crippen LogP) is 6.17. The molecule has 5 nitrogen and oxygen atoms in total. The van der Waals surface area contributed by atoms with E-state index in [2.05, 4.69) is 5.32 Å². The number of benzene rings is 1. The number of hydrogen-bond donors (Lipinski definition) is 2. The van der Waals surface area contributed by atoms with E-state index in [1.807, 2.05) is 0 Å². The Labute approximate surface area is 216 Å². The third-order valence-corrected chi connectivity index (χ3v) is 7.30. The summed E-state index contributed by atoms with van der Waals surface area (Å²) in [5.74, 6) is -1.08. The van der Waals surface area contributed by atoms with Gasteiger partial charge in [0.15, 0.2) is 12.3 Å². The molecule has 0 aliphatic carbocycles. The van der Waals surface area contributed by atoms with Gasteiger partial charge in [-0.05, 0) is 44.4 Å². The lowest BCUT2D eigenvalue weighted by atomic mass is 9.96. The van der Waals surface area contributed by atoms with E-state index in [1.54, 1.807) is 0 Å². The molecule has 210 valence electrons. The number of anilines is 1. The van der Waals surface area contributed by atoms with Gasteiger partial charge in [-0.1, -0.05) is 49.7 Å². The van der Waals surface area contributed by atoms with Gasteiger partial charge in [-0.15, -0.1) is 0 Å². The highest BCUT2D eigenvalue weighted by atomic mass is 32.2. The van der Waals surface area contributed by atoms with Crippen molar-refractivity contribution in [1.82, 2.24) is 0 Å². The van der Waals surface area contributed by atoms with Gasteiger partial charge in [0.2, 0.25) is 0 Å². The third kappa shape index (κ3) is 12.4. The van der Waals surface area contributed by atoms with Gasteiger partial charge in [0.25, 0.3) is 5.91 Å². The molecule has 0 heterocycles. The highest BCUT2D eigenvalue weighted by Gasteiger charge is 2.35. The van der Waals surface area contributed by atoms with Crippen molar-refractivity contribution in [3.63, 3.8) is 0 Å². The van der Waals surface area contributed by atoms with Crippen LogP contribution in [0, 0.1) is 11.3 Å². The first-order valence-corrected chi connectivity index (χ1v) is 13.6. The zero-order valence-corrected chi connectivity index (χ0v) is 21.6. The van der Waals surface area contributed by atoms with Gasteiger partial charge >= 0.3 is 6.18 Å². The summed E-state index contributed by atoms with van der Waals surface area (Å²) in [4.78, 5) is 12.4. The largest absolute Gasteiger partial charge is 0.616 e. The second-order valence-electron chi connectivity index (χ2n) is 9.17. The van der Waals surface area contributed by atoms with Crippen LogP contribution in [-0.4, -0.2) is 51.7 Å². The number of carbonyl (C=O) groups excluding carboxylic acids is 1. The van der Waals surface area contributed by atoms with Gasteiger partial charge in [-0.3, -0.25) is 4.79 Å². The van der Waals surface area contributed by atoms with Crippen LogP contribution in [0.2, 0.25) is 0 Å². The van der Waals surface area contributed by atoms with Crippen LogP contribution in [0.15, 0.2) is 18.2 Å². The summed E-state index contributed by atoms with van der Waals surface area (Å²) in [6, 6.07) is 4.25. The van der Waals surface area contributed by atoms with E-state index in [0.29, 0.717) is 18.9 Å². The number of aliphatic hydroxyl groups is 1. The molecule has 1 aromatic rings. The van der Waals surface area contributed by atoms with Gasteiger partial charge in [-0.25, -0.2) is 13.2 Å². The van der Waals surface area contributed by atoms with Gasteiger partial charge < -0.3 is 15.0 Å². The molecule has 3 unspecified atom stereocenters. The maximum absolute atomic E-state index is 13.2. The summed E-state index contributed by atoms with van der Waals surface area (Å²) >= 11 is -1.52. The standard InChI is InChI=1S/C25H34F6N2O3S/c1-24(35,23(34)33-19-11-10-18(16-32)20(14-19)25(29,30)31)12-8-6-4-2-3-5-7-9-13-37(36)17-22(28)21(27)15-26/h10-11,14,21-22,35H,2-9,12-13,15,17H2,1H3,(H,33,34)/t21?,22?,24-,37?/m0/s1. The Hall–Kier alpha value is -1.97. The highest BCUT2D eigenvalue weighted by molar-refractivity contribution is 7.91. The lowest BCUT2D eigenvalue weighted by molar-refractivity contribution is -0.138. The number of unbranched alkanes of at least 4 members (excludes halogenated alkanes) is 7. The molecule has 1 amide bonds. The topological polar surface area (TPSA) is 96.2 Å². The van der Waals surface area contributed by atoms with Gasteiger partial charge in [0.1, 0.15) is 23.8 Å². The molecule has 0 saturated heterocycles. The average molecular weight is 557 g/mol. The third-order valence-electron chi connectivity index (χ3n) is 5.86. The summed E-state index contributed by atoms with van der Waals surface area (Å²) in [5.41, 5.74) is -3.69. The van der Waals surface area contributed by atoms with Gasteiger partial charge in [0, 0.05) is 5.69 Å². The lowest BCUT2D eigenvalue weighted by Gasteiger charge is -2.22. The minimum absolute atomic E-state index is 0.116. The Balaban J connectivity index is 2.25. The van der Waals surface area contributed by atoms with Crippen molar-refractivity contribution in [2.75, 3.05) is 23.5 Å². The molecular weight excluding hydrogens is 522 g/mol. The molecular formula is C25H34F6N2O3S. The highest BCUT2D eigenvalue weighted by Crippen LogP contribution is 2.33. The summed E-state index contributed by atoms with van der Waals surface area (Å²) in [6.45, 7) is -0.134. The summed E-state index contributed by atoms with van der Waals surface area (Å²) in [6.07, 6.45) is -2.74. The number of amides is 1. The second kappa shape index (κ2) is 16.1. The Bertz CT molecular complexity index is 879. The molecule has 12 heteroatoms. The monoisotopic (exact) mass is 556 g/mol. The fraction of sp³-hybridized carbons (Fsp3) is 0.680. The first kappa shape index (κ1) is 33.1. The van der Waals surface area contributed by atoms with E-state index in [-0.39, 0.29) is 17.9 Å². The molecule has 2 N–H and O–H groups in total. The number of nitrogens with zero attached hydrogens (tertiary/aromatic N) is 1. The fourth-order valence-electron chi connectivity index (χ4n) is 3.59. The van der Waals surface area contributed by atoms with Crippen LogP contribution < -0.4 is 5.32 Å². The van der Waals surface area contributed by atoms with Crippen molar-refractivity contribution in [3.05, 3.63) is 29.3 Å². The quantitative estimate of drug-likeness (QED) is 0.136. The molecule has 0 aliphatic rings. The molecule has 0 bridgehead atoms. The SMILES string of the molecule is C[C@](O)(CCCCCCCCCC[S+]([O-])CC(F)C(F)CF)C(=O)Nc1ccc(C#N)c(C(F)(F)F)c1. The first-order chi connectivity index (χ1) is 17.3. The van der Waals surface area contributed by atoms with E-state index >= 15 is 0 Å². The first-order valence-electron chi connectivity index (χ1n) is 12.2. The van der Waals surface area contributed by atoms with E-state index in [9.17, 15) is 40.8 Å². The van der Waals surface area contributed by atoms with E-state index in [4.69, 9.17) is 5.26 Å². The lowest BCUT2D eigenvalue weighted by Crippen LogP contribution is -2.40. The smallest absolute Gasteiger partial charge is 0.417 e. The van der Waals surface area contributed by atoms with Crippen LogP contribution in [0.3, 0.4) is 0 Å². The Morgan fingerprint density at radius 1 is 1.08 bits per heavy atom. The summed E-state index contributed by atoms with van der Waals surface area (Å²) in [5, 5.41) is 21.6. The minimum Gasteiger partial charge on any atom is -0.616 e. The van der Waals surface area contributed by atoms with Crippen LogP contribution in [0.25, 0.3) is 0 Å². The maximum Gasteiger partial charge on any atom is 0.417 e. The number of alkyl halides is 6. The number of hydrogen-bond acceptors (Lipinski definition) is 4. The molecule has 0 spiro atoms. The van der Waals surface area contributed by atoms with E-state index in [1.165, 1.54) is 19.1 Å². The Morgan fingerprint density at radius 3 is 2.19 bits per heavy atom. The van der Waals surface area contributed by atoms with Crippen LogP contribution in [-0.2, 0) is 22.1 Å². The van der Waals surface area contributed by atoms with Gasteiger partial charge in [-0.2, -0.15) is 18.4 Å².